The third kappa shape index (κ3) is 6.17. The van der Waals surface area contributed by atoms with Crippen molar-refractivity contribution in [2.24, 2.45) is 5.41 Å². The molecule has 4 rings (SSSR count). The van der Waals surface area contributed by atoms with Crippen LogP contribution in [-0.4, -0.2) is 60.4 Å². The van der Waals surface area contributed by atoms with Gasteiger partial charge in [0.15, 0.2) is 11.6 Å². The number of rotatable bonds is 7. The van der Waals surface area contributed by atoms with Crippen molar-refractivity contribution >= 4 is 18.0 Å². The molecule has 2 aliphatic rings. The Hall–Kier alpha value is -3.84. The molecule has 2 heterocycles. The number of nitriles is 1. The summed E-state index contributed by atoms with van der Waals surface area (Å²) >= 11 is 0. The number of carbonyl (C=O) groups excluding carboxylic acids is 1. The molecule has 38 heavy (non-hydrogen) atoms. The number of carbonyl (C=O) groups is 1. The van der Waals surface area contributed by atoms with Crippen LogP contribution in [0.5, 0.6) is 11.5 Å². The molecule has 2 aromatic carbocycles. The summed E-state index contributed by atoms with van der Waals surface area (Å²) in [7, 11) is 0. The Balaban J connectivity index is 1.60. The summed E-state index contributed by atoms with van der Waals surface area (Å²) in [5.41, 5.74) is 0.553. The molecule has 3 N–H and O–H groups in total. The fourth-order valence-electron chi connectivity index (χ4n) is 4.45. The molecule has 2 saturated heterocycles. The minimum atomic E-state index is -0.934. The monoisotopic (exact) mass is 524 g/mol. The molecular weight excluding hydrogens is 491 g/mol. The molecule has 0 radical (unpaired) electrons. The number of halogens is 1. The summed E-state index contributed by atoms with van der Waals surface area (Å²) in [6, 6.07) is 9.81. The molecule has 0 aromatic heterocycles. The lowest BCUT2D eigenvalue weighted by Crippen LogP contribution is -2.61. The average molecular weight is 525 g/mol. The van der Waals surface area contributed by atoms with E-state index in [-0.39, 0.29) is 25.9 Å². The number of likely N-dealkylation sites (tertiary alicyclic amines) is 1. The average Bonchev–Trinajstić information content (AvgIpc) is 2.84. The normalized spacial score (nSPS) is 18.6. The molecule has 9 nitrogen and oxygen atoms in total. The van der Waals surface area contributed by atoms with Gasteiger partial charge in [0, 0.05) is 31.6 Å². The number of phenols is 1. The highest BCUT2D eigenvalue weighted by molar-refractivity contribution is 5.92. The molecule has 2 fully saturated rings. The van der Waals surface area contributed by atoms with E-state index in [0.717, 1.165) is 25.5 Å². The Morgan fingerprint density at radius 1 is 1.32 bits per heavy atom. The van der Waals surface area contributed by atoms with Crippen LogP contribution in [0, 0.1) is 28.0 Å². The topological polar surface area (TPSA) is 128 Å². The summed E-state index contributed by atoms with van der Waals surface area (Å²) in [5.74, 6) is -0.883. The predicted molar refractivity (Wildman–Crippen MR) is 140 cm³/mol. The van der Waals surface area contributed by atoms with E-state index in [1.807, 2.05) is 0 Å². The third-order valence-electron chi connectivity index (χ3n) is 6.44. The Morgan fingerprint density at radius 2 is 2.08 bits per heavy atom. The maximum absolute atomic E-state index is 14.2. The van der Waals surface area contributed by atoms with Crippen LogP contribution in [-0.2, 0) is 9.47 Å². The summed E-state index contributed by atoms with van der Waals surface area (Å²) < 4.78 is 31.5. The van der Waals surface area contributed by atoms with Crippen LogP contribution in [0.25, 0.3) is 11.1 Å². The van der Waals surface area contributed by atoms with Crippen molar-refractivity contribution in [3.63, 3.8) is 0 Å². The number of benzene rings is 2. The number of aromatic hydroxyl groups is 1. The van der Waals surface area contributed by atoms with E-state index in [2.05, 4.69) is 11.4 Å². The Labute approximate surface area is 221 Å². The molecule has 0 aliphatic carbocycles. The summed E-state index contributed by atoms with van der Waals surface area (Å²) in [4.78, 5) is 13.8. The second-order valence-corrected chi connectivity index (χ2v) is 10.8. The zero-order valence-electron chi connectivity index (χ0n) is 21.8. The minimum absolute atomic E-state index is 0.0175. The zero-order valence-corrected chi connectivity index (χ0v) is 21.8. The van der Waals surface area contributed by atoms with E-state index < -0.39 is 28.7 Å². The lowest BCUT2D eigenvalue weighted by Gasteiger charge is -2.45. The van der Waals surface area contributed by atoms with Gasteiger partial charge < -0.3 is 34.9 Å². The van der Waals surface area contributed by atoms with Gasteiger partial charge >= 0.3 is 6.09 Å². The van der Waals surface area contributed by atoms with Crippen molar-refractivity contribution in [2.75, 3.05) is 31.6 Å². The van der Waals surface area contributed by atoms with Crippen molar-refractivity contribution in [1.29, 1.82) is 10.7 Å². The second-order valence-electron chi connectivity index (χ2n) is 10.8. The number of anilines is 1. The van der Waals surface area contributed by atoms with Crippen LogP contribution in [0.15, 0.2) is 30.3 Å². The Morgan fingerprint density at radius 3 is 2.68 bits per heavy atom. The maximum atomic E-state index is 14.2. The molecule has 1 amide bonds. The quantitative estimate of drug-likeness (QED) is 0.421. The molecule has 2 aromatic rings. The highest BCUT2D eigenvalue weighted by atomic mass is 19.1. The molecule has 2 aliphatic heterocycles. The Bertz CT molecular complexity index is 1240. The van der Waals surface area contributed by atoms with Gasteiger partial charge in [0.2, 0.25) is 0 Å². The smallest absolute Gasteiger partial charge is 0.410 e. The van der Waals surface area contributed by atoms with Crippen molar-refractivity contribution in [3.05, 3.63) is 41.7 Å². The van der Waals surface area contributed by atoms with Crippen LogP contribution in [0.3, 0.4) is 0 Å². The van der Waals surface area contributed by atoms with Gasteiger partial charge in [-0.25, -0.2) is 9.18 Å². The molecular formula is C28H33FN4O5. The van der Waals surface area contributed by atoms with E-state index in [0.29, 0.717) is 34.7 Å². The first kappa shape index (κ1) is 27.2. The van der Waals surface area contributed by atoms with E-state index in [9.17, 15) is 19.6 Å². The van der Waals surface area contributed by atoms with Crippen LogP contribution in [0.2, 0.25) is 0 Å². The number of nitrogens with one attached hydrogen (secondary N) is 2. The molecule has 0 bridgehead atoms. The molecule has 0 saturated carbocycles. The zero-order chi connectivity index (χ0) is 27.5. The second kappa shape index (κ2) is 10.9. The fourth-order valence-corrected chi connectivity index (χ4v) is 4.45. The number of amides is 1. The lowest BCUT2D eigenvalue weighted by atomic mass is 9.82. The fraction of sp³-hybridized carbons (Fsp3) is 0.464. The number of phenolic OH excluding ortho intramolecular Hbond substituents is 1. The lowest BCUT2D eigenvalue weighted by molar-refractivity contribution is -0.0281. The first-order valence-corrected chi connectivity index (χ1v) is 12.6. The molecule has 1 atom stereocenters. The maximum Gasteiger partial charge on any atom is 0.410 e. The van der Waals surface area contributed by atoms with E-state index in [1.165, 1.54) is 17.0 Å². The first-order chi connectivity index (χ1) is 18.0. The van der Waals surface area contributed by atoms with E-state index >= 15 is 0 Å². The number of nitrogens with zero attached hydrogens (tertiary/aromatic N) is 2. The van der Waals surface area contributed by atoms with E-state index in [4.69, 9.17) is 19.6 Å². The largest absolute Gasteiger partial charge is 0.505 e. The highest BCUT2D eigenvalue weighted by Crippen LogP contribution is 2.37. The van der Waals surface area contributed by atoms with Gasteiger partial charge in [0.25, 0.3) is 0 Å². The van der Waals surface area contributed by atoms with Gasteiger partial charge in [-0.15, -0.1) is 0 Å². The summed E-state index contributed by atoms with van der Waals surface area (Å²) in [5, 5.41) is 30.9. The van der Waals surface area contributed by atoms with Crippen molar-refractivity contribution in [2.45, 2.75) is 51.9 Å². The highest BCUT2D eigenvalue weighted by Gasteiger charge is 2.48. The predicted octanol–water partition coefficient (Wildman–Crippen LogP) is 5.27. The van der Waals surface area contributed by atoms with Gasteiger partial charge in [0.05, 0.1) is 11.6 Å². The number of hydrogen-bond donors (Lipinski definition) is 3. The van der Waals surface area contributed by atoms with E-state index in [1.54, 1.807) is 39.0 Å². The van der Waals surface area contributed by atoms with Crippen LogP contribution < -0.4 is 10.1 Å². The molecule has 1 unspecified atom stereocenters. The first-order valence-electron chi connectivity index (χ1n) is 12.6. The number of hydrogen-bond acceptors (Lipinski definition) is 8. The summed E-state index contributed by atoms with van der Waals surface area (Å²) in [6.07, 6.45) is 3.20. The molecule has 0 spiro atoms. The van der Waals surface area contributed by atoms with Gasteiger partial charge in [-0.05, 0) is 75.4 Å². The van der Waals surface area contributed by atoms with Gasteiger partial charge in [-0.3, -0.25) is 0 Å². The Kier molecular flexibility index (Phi) is 7.78. The SMILES string of the molecule is CC(C)(C)OC(=O)N1CC(C#N)(COc2cc(-c3ccc(O)c(F)c3)cc(NC3CCCCO3)c2C=N)C1. The van der Waals surface area contributed by atoms with Crippen LogP contribution in [0.1, 0.15) is 45.6 Å². The van der Waals surface area contributed by atoms with Gasteiger partial charge in [-0.1, -0.05) is 6.07 Å². The van der Waals surface area contributed by atoms with Crippen molar-refractivity contribution in [1.82, 2.24) is 4.90 Å². The third-order valence-corrected chi connectivity index (χ3v) is 6.44. The van der Waals surface area contributed by atoms with Gasteiger partial charge in [-0.2, -0.15) is 5.26 Å². The molecule has 10 heteroatoms. The van der Waals surface area contributed by atoms with Crippen LogP contribution in [0.4, 0.5) is 14.9 Å². The van der Waals surface area contributed by atoms with Gasteiger partial charge in [0.1, 0.15) is 29.6 Å². The van der Waals surface area contributed by atoms with Crippen LogP contribution >= 0.6 is 0 Å². The molecule has 202 valence electrons. The van der Waals surface area contributed by atoms with Crippen molar-refractivity contribution < 1.29 is 28.5 Å². The number of ether oxygens (including phenoxy) is 3. The summed E-state index contributed by atoms with van der Waals surface area (Å²) in [6.45, 7) is 6.26. The minimum Gasteiger partial charge on any atom is -0.505 e. The van der Waals surface area contributed by atoms with Crippen molar-refractivity contribution in [3.8, 4) is 28.7 Å². The standard InChI is InChI=1S/C28H33FN4O5/c1-27(2,3)38-26(35)33-15-28(14-31,16-33)17-37-24-12-19(18-7-8-23(34)21(29)10-18)11-22(20(24)13-30)32-25-6-4-5-9-36-25/h7-8,10-13,25,30,32,34H,4-6,9,15-17H2,1-3H3.